The number of nitrogens with one attached hydrogen (secondary N) is 2. The van der Waals surface area contributed by atoms with Crippen molar-refractivity contribution in [3.63, 3.8) is 0 Å². The number of ether oxygens (including phenoxy) is 1. The summed E-state index contributed by atoms with van der Waals surface area (Å²) >= 11 is 1.56. The number of thiophene rings is 1. The van der Waals surface area contributed by atoms with E-state index in [-0.39, 0.29) is 24.9 Å². The highest BCUT2D eigenvalue weighted by Crippen LogP contribution is 2.22. The van der Waals surface area contributed by atoms with Crippen molar-refractivity contribution in [1.29, 1.82) is 0 Å². The van der Waals surface area contributed by atoms with Crippen LogP contribution in [0.2, 0.25) is 0 Å². The molecule has 9 heteroatoms. The molecule has 0 saturated heterocycles. The normalized spacial score (nSPS) is 12.6. The SMILES string of the molecule is Cc1ccc([C@@H](C)NC(=O)CCNC(=O)OCC(F)(F)F)s1. The van der Waals surface area contributed by atoms with Crippen LogP contribution < -0.4 is 10.6 Å². The molecule has 0 aliphatic rings. The number of carbonyl (C=O) groups is 2. The number of alkyl carbamates (subject to hydrolysis) is 1. The Hall–Kier alpha value is -1.77. The van der Waals surface area contributed by atoms with Crippen molar-refractivity contribution >= 4 is 23.3 Å². The predicted octanol–water partition coefficient (Wildman–Crippen LogP) is 2.91. The highest BCUT2D eigenvalue weighted by molar-refractivity contribution is 7.12. The van der Waals surface area contributed by atoms with E-state index in [0.29, 0.717) is 0 Å². The molecule has 124 valence electrons. The Morgan fingerprint density at radius 2 is 2.05 bits per heavy atom. The molecule has 1 atom stereocenters. The minimum atomic E-state index is -4.57. The summed E-state index contributed by atoms with van der Waals surface area (Å²) in [5, 5.41) is 4.82. The van der Waals surface area contributed by atoms with Crippen molar-refractivity contribution in [1.82, 2.24) is 10.6 Å². The molecule has 0 aliphatic carbocycles. The second-order valence-corrected chi connectivity index (χ2v) is 5.93. The van der Waals surface area contributed by atoms with Crippen LogP contribution in [0.5, 0.6) is 0 Å². The van der Waals surface area contributed by atoms with Crippen LogP contribution in [0.3, 0.4) is 0 Å². The van der Waals surface area contributed by atoms with E-state index in [9.17, 15) is 22.8 Å². The van der Waals surface area contributed by atoms with E-state index in [1.54, 1.807) is 11.3 Å². The summed E-state index contributed by atoms with van der Waals surface area (Å²) in [6.45, 7) is 2.03. The van der Waals surface area contributed by atoms with Gasteiger partial charge < -0.3 is 15.4 Å². The van der Waals surface area contributed by atoms with Crippen molar-refractivity contribution in [3.05, 3.63) is 21.9 Å². The molecule has 22 heavy (non-hydrogen) atoms. The standard InChI is InChI=1S/C13H17F3N2O3S/c1-8-3-4-10(22-8)9(2)18-11(19)5-6-17-12(20)21-7-13(14,15)16/h3-4,9H,5-7H2,1-2H3,(H,17,20)(H,18,19)/t9-/m1/s1. The van der Waals surface area contributed by atoms with Gasteiger partial charge in [-0.3, -0.25) is 4.79 Å². The van der Waals surface area contributed by atoms with Gasteiger partial charge in [0, 0.05) is 22.7 Å². The summed E-state index contributed by atoms with van der Waals surface area (Å²) in [5.41, 5.74) is 0. The Kier molecular flexibility index (Phi) is 6.66. The first-order valence-corrected chi connectivity index (χ1v) is 7.32. The maximum Gasteiger partial charge on any atom is 0.422 e. The van der Waals surface area contributed by atoms with E-state index in [1.807, 2.05) is 26.0 Å². The number of halogens is 3. The fourth-order valence-electron chi connectivity index (χ4n) is 1.55. The first kappa shape index (κ1) is 18.3. The molecule has 2 amide bonds. The molecule has 0 aliphatic heterocycles. The minimum absolute atomic E-state index is 0.0458. The summed E-state index contributed by atoms with van der Waals surface area (Å²) in [5.74, 6) is -0.310. The maximum atomic E-state index is 11.8. The van der Waals surface area contributed by atoms with E-state index < -0.39 is 18.9 Å². The van der Waals surface area contributed by atoms with Gasteiger partial charge in [0.1, 0.15) is 0 Å². The molecule has 1 heterocycles. The van der Waals surface area contributed by atoms with Gasteiger partial charge in [-0.2, -0.15) is 13.2 Å². The third-order valence-corrected chi connectivity index (χ3v) is 3.74. The van der Waals surface area contributed by atoms with Crippen LogP contribution in [0.15, 0.2) is 12.1 Å². The van der Waals surface area contributed by atoms with E-state index in [1.165, 1.54) is 0 Å². The van der Waals surface area contributed by atoms with Gasteiger partial charge in [-0.25, -0.2) is 4.79 Å². The van der Waals surface area contributed by atoms with Gasteiger partial charge in [0.15, 0.2) is 6.61 Å². The van der Waals surface area contributed by atoms with E-state index >= 15 is 0 Å². The highest BCUT2D eigenvalue weighted by atomic mass is 32.1. The molecule has 1 aromatic rings. The minimum Gasteiger partial charge on any atom is -0.440 e. The number of amides is 2. The second-order valence-electron chi connectivity index (χ2n) is 4.61. The topological polar surface area (TPSA) is 67.4 Å². The van der Waals surface area contributed by atoms with Crippen LogP contribution in [-0.2, 0) is 9.53 Å². The quantitative estimate of drug-likeness (QED) is 0.838. The lowest BCUT2D eigenvalue weighted by Crippen LogP contribution is -2.33. The molecule has 5 nitrogen and oxygen atoms in total. The number of hydrogen-bond donors (Lipinski definition) is 2. The number of rotatable bonds is 6. The smallest absolute Gasteiger partial charge is 0.422 e. The van der Waals surface area contributed by atoms with Gasteiger partial charge in [0.05, 0.1) is 6.04 Å². The summed E-state index contributed by atoms with van der Waals surface area (Å²) in [6.07, 6.45) is -5.81. The Morgan fingerprint density at radius 3 is 2.59 bits per heavy atom. The first-order valence-electron chi connectivity index (χ1n) is 6.50. The Morgan fingerprint density at radius 1 is 1.36 bits per heavy atom. The zero-order valence-electron chi connectivity index (χ0n) is 12.1. The Balaban J connectivity index is 2.22. The van der Waals surface area contributed by atoms with Crippen molar-refractivity contribution in [3.8, 4) is 0 Å². The van der Waals surface area contributed by atoms with Crippen molar-refractivity contribution in [2.45, 2.75) is 32.5 Å². The summed E-state index contributed by atoms with van der Waals surface area (Å²) in [4.78, 5) is 24.7. The van der Waals surface area contributed by atoms with E-state index in [4.69, 9.17) is 0 Å². The molecule has 0 radical (unpaired) electrons. The second kappa shape index (κ2) is 8.02. The van der Waals surface area contributed by atoms with Gasteiger partial charge in [0.2, 0.25) is 5.91 Å². The molecule has 0 aromatic carbocycles. The molecule has 2 N–H and O–H groups in total. The fourth-order valence-corrected chi connectivity index (χ4v) is 2.43. The molecule has 1 rings (SSSR count). The lowest BCUT2D eigenvalue weighted by atomic mass is 10.2. The lowest BCUT2D eigenvalue weighted by molar-refractivity contribution is -0.160. The van der Waals surface area contributed by atoms with Crippen LogP contribution in [-0.4, -0.2) is 31.3 Å². The summed E-state index contributed by atoms with van der Waals surface area (Å²) in [6, 6.07) is 3.70. The fraction of sp³-hybridized carbons (Fsp3) is 0.538. The number of alkyl halides is 3. The summed E-state index contributed by atoms with van der Waals surface area (Å²) < 4.78 is 39.4. The predicted molar refractivity (Wildman–Crippen MR) is 75.6 cm³/mol. The first-order chi connectivity index (χ1) is 10.2. The maximum absolute atomic E-state index is 11.8. The molecular formula is C13H17F3N2O3S. The van der Waals surface area contributed by atoms with E-state index in [2.05, 4.69) is 15.4 Å². The Labute approximate surface area is 129 Å². The average Bonchev–Trinajstić information content (AvgIpc) is 2.82. The van der Waals surface area contributed by atoms with Crippen molar-refractivity contribution < 1.29 is 27.5 Å². The van der Waals surface area contributed by atoms with Gasteiger partial charge >= 0.3 is 12.3 Å². The zero-order chi connectivity index (χ0) is 16.8. The Bertz CT molecular complexity index is 517. The third kappa shape index (κ3) is 7.30. The molecule has 0 fully saturated rings. The van der Waals surface area contributed by atoms with Gasteiger partial charge in [-0.05, 0) is 26.0 Å². The number of hydrogen-bond acceptors (Lipinski definition) is 4. The van der Waals surface area contributed by atoms with Crippen LogP contribution >= 0.6 is 11.3 Å². The summed E-state index contributed by atoms with van der Waals surface area (Å²) in [7, 11) is 0. The van der Waals surface area contributed by atoms with Crippen LogP contribution in [0.4, 0.5) is 18.0 Å². The largest absolute Gasteiger partial charge is 0.440 e. The number of carbonyl (C=O) groups excluding carboxylic acids is 2. The van der Waals surface area contributed by atoms with E-state index in [0.717, 1.165) is 9.75 Å². The molecule has 0 unspecified atom stereocenters. The molecule has 1 aromatic heterocycles. The zero-order valence-corrected chi connectivity index (χ0v) is 12.9. The average molecular weight is 338 g/mol. The van der Waals surface area contributed by atoms with Gasteiger partial charge in [-0.15, -0.1) is 11.3 Å². The molecular weight excluding hydrogens is 321 g/mol. The molecule has 0 saturated carbocycles. The number of aryl methyl sites for hydroxylation is 1. The van der Waals surface area contributed by atoms with Gasteiger partial charge in [-0.1, -0.05) is 0 Å². The molecule has 0 bridgehead atoms. The van der Waals surface area contributed by atoms with Crippen LogP contribution in [0, 0.1) is 6.92 Å². The lowest BCUT2D eigenvalue weighted by Gasteiger charge is -2.12. The van der Waals surface area contributed by atoms with Crippen LogP contribution in [0.1, 0.15) is 29.1 Å². The van der Waals surface area contributed by atoms with Crippen molar-refractivity contribution in [2.75, 3.05) is 13.2 Å². The third-order valence-electron chi connectivity index (χ3n) is 2.55. The monoisotopic (exact) mass is 338 g/mol. The van der Waals surface area contributed by atoms with Crippen molar-refractivity contribution in [2.24, 2.45) is 0 Å². The highest BCUT2D eigenvalue weighted by Gasteiger charge is 2.29. The molecule has 0 spiro atoms. The van der Waals surface area contributed by atoms with Crippen LogP contribution in [0.25, 0.3) is 0 Å². The van der Waals surface area contributed by atoms with Gasteiger partial charge in [0.25, 0.3) is 0 Å².